The highest BCUT2D eigenvalue weighted by Crippen LogP contribution is 2.74. The van der Waals surface area contributed by atoms with Crippen molar-refractivity contribution in [3.05, 3.63) is 0 Å². The third-order valence-corrected chi connectivity index (χ3v) is 4.46. The van der Waals surface area contributed by atoms with Crippen LogP contribution in [0.15, 0.2) is 0 Å². The molecule has 16 heavy (non-hydrogen) atoms. The van der Waals surface area contributed by atoms with E-state index in [2.05, 4.69) is 0 Å². The fraction of sp³-hybridized carbons (Fsp3) is 0.917. The molecule has 1 atom stereocenters. The Kier molecular flexibility index (Phi) is 2.52. The van der Waals surface area contributed by atoms with E-state index in [1.54, 1.807) is 0 Å². The van der Waals surface area contributed by atoms with E-state index in [-0.39, 0.29) is 5.92 Å². The number of rotatable bonds is 2. The molecule has 2 saturated carbocycles. The molecular weight excluding hydrogens is 214 g/mol. The molecule has 0 bridgehead atoms. The molecule has 0 heterocycles. The van der Waals surface area contributed by atoms with Crippen LogP contribution in [0.25, 0.3) is 0 Å². The normalized spacial score (nSPS) is 41.3. The molecule has 4 heteroatoms. The van der Waals surface area contributed by atoms with Gasteiger partial charge in [-0.2, -0.15) is 0 Å². The summed E-state index contributed by atoms with van der Waals surface area (Å²) in [7, 11) is 0. The molecule has 0 saturated heterocycles. The predicted octanol–water partition coefficient (Wildman–Crippen LogP) is 3.17. The zero-order valence-corrected chi connectivity index (χ0v) is 9.67. The van der Waals surface area contributed by atoms with Crippen LogP contribution in [0, 0.1) is 23.2 Å². The molecule has 1 spiro atoms. The lowest BCUT2D eigenvalue weighted by atomic mass is 9.77. The zero-order valence-electron chi connectivity index (χ0n) is 9.67. The van der Waals surface area contributed by atoms with Crippen LogP contribution in [0.1, 0.15) is 39.5 Å². The Morgan fingerprint density at radius 2 is 1.81 bits per heavy atom. The summed E-state index contributed by atoms with van der Waals surface area (Å²) in [4.78, 5) is 10.8. The minimum Gasteiger partial charge on any atom is -0.481 e. The van der Waals surface area contributed by atoms with Crippen LogP contribution in [0.4, 0.5) is 8.78 Å². The van der Waals surface area contributed by atoms with Crippen LogP contribution in [0.5, 0.6) is 0 Å². The Balaban J connectivity index is 2.06. The van der Waals surface area contributed by atoms with Crippen LogP contribution >= 0.6 is 0 Å². The monoisotopic (exact) mass is 232 g/mol. The lowest BCUT2D eigenvalue weighted by molar-refractivity contribution is -0.143. The second-order valence-corrected chi connectivity index (χ2v) is 5.61. The van der Waals surface area contributed by atoms with Crippen LogP contribution in [0.2, 0.25) is 0 Å². The van der Waals surface area contributed by atoms with E-state index >= 15 is 0 Å². The molecule has 2 aliphatic rings. The van der Waals surface area contributed by atoms with Gasteiger partial charge in [0.1, 0.15) is 0 Å². The van der Waals surface area contributed by atoms with E-state index in [9.17, 15) is 13.6 Å². The number of carbonyl (C=O) groups is 1. The maximum Gasteiger partial charge on any atom is 0.306 e. The Morgan fingerprint density at radius 1 is 1.31 bits per heavy atom. The number of hydrogen-bond donors (Lipinski definition) is 1. The quantitative estimate of drug-likeness (QED) is 0.794. The van der Waals surface area contributed by atoms with Crippen molar-refractivity contribution in [1.82, 2.24) is 0 Å². The Morgan fingerprint density at radius 3 is 2.12 bits per heavy atom. The first-order chi connectivity index (χ1) is 7.33. The number of carboxylic acids is 1. The number of carboxylic acid groups (broad SMARTS) is 1. The summed E-state index contributed by atoms with van der Waals surface area (Å²) in [5.74, 6) is -4.36. The molecule has 2 fully saturated rings. The molecule has 0 radical (unpaired) electrons. The van der Waals surface area contributed by atoms with Gasteiger partial charge < -0.3 is 5.11 Å². The lowest BCUT2D eigenvalue weighted by Gasteiger charge is -2.27. The van der Waals surface area contributed by atoms with Crippen molar-refractivity contribution in [3.63, 3.8) is 0 Å². The van der Waals surface area contributed by atoms with Gasteiger partial charge in [-0.3, -0.25) is 4.79 Å². The molecule has 2 aliphatic carbocycles. The summed E-state index contributed by atoms with van der Waals surface area (Å²) in [6.45, 7) is 3.66. The SMILES string of the molecule is CC(C)C1C(F)(F)C12CCC(C(=O)O)CC2. The average Bonchev–Trinajstić information content (AvgIpc) is 2.62. The summed E-state index contributed by atoms with van der Waals surface area (Å²) < 4.78 is 27.5. The second kappa shape index (κ2) is 3.41. The van der Waals surface area contributed by atoms with Gasteiger partial charge in [0.05, 0.1) is 5.92 Å². The fourth-order valence-electron chi connectivity index (χ4n) is 3.62. The van der Waals surface area contributed by atoms with Gasteiger partial charge in [0.2, 0.25) is 0 Å². The van der Waals surface area contributed by atoms with E-state index in [4.69, 9.17) is 5.11 Å². The largest absolute Gasteiger partial charge is 0.481 e. The lowest BCUT2D eigenvalue weighted by Crippen LogP contribution is -2.25. The predicted molar refractivity (Wildman–Crippen MR) is 55.3 cm³/mol. The highest BCUT2D eigenvalue weighted by atomic mass is 19.3. The average molecular weight is 232 g/mol. The number of halogens is 2. The van der Waals surface area contributed by atoms with Crippen molar-refractivity contribution in [2.24, 2.45) is 23.2 Å². The van der Waals surface area contributed by atoms with Crippen molar-refractivity contribution in [2.45, 2.75) is 45.5 Å². The summed E-state index contributed by atoms with van der Waals surface area (Å²) in [5.41, 5.74) is -0.868. The van der Waals surface area contributed by atoms with E-state index in [1.165, 1.54) is 0 Å². The molecule has 0 amide bonds. The molecule has 1 unspecified atom stereocenters. The van der Waals surface area contributed by atoms with Gasteiger partial charge >= 0.3 is 5.97 Å². The molecule has 0 aromatic heterocycles. The van der Waals surface area contributed by atoms with Crippen molar-refractivity contribution in [1.29, 1.82) is 0 Å². The number of alkyl halides is 2. The van der Waals surface area contributed by atoms with Gasteiger partial charge in [-0.05, 0) is 31.6 Å². The van der Waals surface area contributed by atoms with Gasteiger partial charge in [0.25, 0.3) is 5.92 Å². The smallest absolute Gasteiger partial charge is 0.306 e. The third-order valence-electron chi connectivity index (χ3n) is 4.46. The Bertz CT molecular complexity index is 304. The van der Waals surface area contributed by atoms with Crippen LogP contribution in [-0.2, 0) is 4.79 Å². The molecule has 0 aromatic carbocycles. The molecule has 0 aliphatic heterocycles. The maximum absolute atomic E-state index is 13.8. The fourth-order valence-corrected chi connectivity index (χ4v) is 3.62. The van der Waals surface area contributed by atoms with E-state index in [0.717, 1.165) is 0 Å². The van der Waals surface area contributed by atoms with Crippen molar-refractivity contribution < 1.29 is 18.7 Å². The van der Waals surface area contributed by atoms with Gasteiger partial charge in [0, 0.05) is 11.3 Å². The topological polar surface area (TPSA) is 37.3 Å². The van der Waals surface area contributed by atoms with E-state index in [1.807, 2.05) is 13.8 Å². The van der Waals surface area contributed by atoms with Gasteiger partial charge in [0.15, 0.2) is 0 Å². The highest BCUT2D eigenvalue weighted by Gasteiger charge is 2.80. The standard InChI is InChI=1S/C12H18F2O2/c1-7(2)9-11(12(9,13)14)5-3-8(4-6-11)10(15)16/h7-9H,3-6H2,1-2H3,(H,15,16). The molecule has 0 aromatic rings. The first-order valence-corrected chi connectivity index (χ1v) is 5.93. The number of aliphatic carboxylic acids is 1. The first kappa shape index (κ1) is 11.8. The van der Waals surface area contributed by atoms with E-state index < -0.39 is 29.1 Å². The molecule has 1 N–H and O–H groups in total. The molecular formula is C12H18F2O2. The second-order valence-electron chi connectivity index (χ2n) is 5.61. The van der Waals surface area contributed by atoms with Crippen LogP contribution in [0.3, 0.4) is 0 Å². The summed E-state index contributed by atoms with van der Waals surface area (Å²) in [6.07, 6.45) is 1.57. The van der Waals surface area contributed by atoms with Crippen molar-refractivity contribution in [2.75, 3.05) is 0 Å². The molecule has 92 valence electrons. The van der Waals surface area contributed by atoms with E-state index in [0.29, 0.717) is 25.7 Å². The minimum atomic E-state index is -2.56. The summed E-state index contributed by atoms with van der Waals surface area (Å²) in [5, 5.41) is 8.85. The molecule has 2 rings (SSSR count). The van der Waals surface area contributed by atoms with Crippen LogP contribution in [-0.4, -0.2) is 17.0 Å². The maximum atomic E-state index is 13.8. The van der Waals surface area contributed by atoms with Gasteiger partial charge in [-0.15, -0.1) is 0 Å². The summed E-state index contributed by atoms with van der Waals surface area (Å²) in [6, 6.07) is 0. The van der Waals surface area contributed by atoms with Gasteiger partial charge in [-0.1, -0.05) is 13.8 Å². The highest BCUT2D eigenvalue weighted by molar-refractivity contribution is 5.70. The third kappa shape index (κ3) is 1.38. The first-order valence-electron chi connectivity index (χ1n) is 5.93. The molecule has 2 nitrogen and oxygen atoms in total. The van der Waals surface area contributed by atoms with Crippen LogP contribution < -0.4 is 0 Å². The minimum absolute atomic E-state index is 0.0172. The zero-order chi connectivity index (χ0) is 12.1. The summed E-state index contributed by atoms with van der Waals surface area (Å²) >= 11 is 0. The number of hydrogen-bond acceptors (Lipinski definition) is 1. The Labute approximate surface area is 94.0 Å². The van der Waals surface area contributed by atoms with Crippen molar-refractivity contribution >= 4 is 5.97 Å². The van der Waals surface area contributed by atoms with Gasteiger partial charge in [-0.25, -0.2) is 8.78 Å². The van der Waals surface area contributed by atoms with Crippen molar-refractivity contribution in [3.8, 4) is 0 Å². The Hall–Kier alpha value is -0.670.